The van der Waals surface area contributed by atoms with E-state index in [9.17, 15) is 8.78 Å². The highest BCUT2D eigenvalue weighted by molar-refractivity contribution is 7.07. The molecule has 1 aromatic carbocycles. The average molecular weight is 240 g/mol. The first-order valence-corrected chi connectivity index (χ1v) is 5.71. The number of benzene rings is 1. The summed E-state index contributed by atoms with van der Waals surface area (Å²) in [5.41, 5.74) is 3.16. The van der Waals surface area contributed by atoms with Gasteiger partial charge >= 0.3 is 0 Å². The Morgan fingerprint density at radius 2 is 2.12 bits per heavy atom. The predicted molar refractivity (Wildman–Crippen MR) is 60.5 cm³/mol. The van der Waals surface area contributed by atoms with E-state index < -0.39 is 11.6 Å². The number of nitrogens with one attached hydrogen (secondary N) is 1. The summed E-state index contributed by atoms with van der Waals surface area (Å²) >= 11 is 1.50. The lowest BCUT2D eigenvalue weighted by molar-refractivity contribution is 0.509. The van der Waals surface area contributed by atoms with E-state index in [1.54, 1.807) is 5.51 Å². The molecule has 0 fully saturated rings. The summed E-state index contributed by atoms with van der Waals surface area (Å²) in [7, 11) is 0. The predicted octanol–water partition coefficient (Wildman–Crippen LogP) is 3.59. The molecule has 16 heavy (non-hydrogen) atoms. The fourth-order valence-corrected chi connectivity index (χ4v) is 1.99. The van der Waals surface area contributed by atoms with E-state index in [1.807, 2.05) is 12.3 Å². The van der Waals surface area contributed by atoms with Crippen LogP contribution in [0.4, 0.5) is 14.5 Å². The fraction of sp³-hybridized carbons (Fsp3) is 0.182. The van der Waals surface area contributed by atoms with E-state index in [4.69, 9.17) is 0 Å². The van der Waals surface area contributed by atoms with Gasteiger partial charge in [-0.15, -0.1) is 11.3 Å². The third kappa shape index (κ3) is 2.36. The van der Waals surface area contributed by atoms with Crippen LogP contribution in [0.15, 0.2) is 29.1 Å². The molecule has 0 saturated heterocycles. The standard InChI is InChI=1S/C11H10F2N2S/c1-7(11-5-16-6-14-11)15-8-2-3-9(12)10(13)4-8/h2-7,15H,1H3. The minimum Gasteiger partial charge on any atom is -0.377 e. The maximum atomic E-state index is 12.9. The molecule has 1 aromatic heterocycles. The molecule has 0 saturated carbocycles. The summed E-state index contributed by atoms with van der Waals surface area (Å²) < 4.78 is 25.6. The second-order valence-corrected chi connectivity index (χ2v) is 4.13. The minimum absolute atomic E-state index is 0.0314. The van der Waals surface area contributed by atoms with Gasteiger partial charge in [0.1, 0.15) is 0 Å². The van der Waals surface area contributed by atoms with Crippen LogP contribution in [0, 0.1) is 11.6 Å². The Balaban J connectivity index is 2.12. The number of hydrogen-bond donors (Lipinski definition) is 1. The third-order valence-electron chi connectivity index (χ3n) is 2.20. The van der Waals surface area contributed by atoms with E-state index in [1.165, 1.54) is 17.4 Å². The van der Waals surface area contributed by atoms with Gasteiger partial charge in [0, 0.05) is 17.1 Å². The van der Waals surface area contributed by atoms with Crippen molar-refractivity contribution < 1.29 is 8.78 Å². The SMILES string of the molecule is CC(Nc1ccc(F)c(F)c1)c1cscn1. The molecule has 0 aliphatic rings. The monoisotopic (exact) mass is 240 g/mol. The van der Waals surface area contributed by atoms with Gasteiger partial charge in [-0.3, -0.25) is 0 Å². The molecule has 0 radical (unpaired) electrons. The third-order valence-corrected chi connectivity index (χ3v) is 2.80. The number of aromatic nitrogens is 1. The molecular weight excluding hydrogens is 230 g/mol. The van der Waals surface area contributed by atoms with Crippen LogP contribution in [0.2, 0.25) is 0 Å². The molecule has 5 heteroatoms. The van der Waals surface area contributed by atoms with Crippen molar-refractivity contribution in [2.45, 2.75) is 13.0 Å². The van der Waals surface area contributed by atoms with Crippen LogP contribution in [-0.4, -0.2) is 4.98 Å². The highest BCUT2D eigenvalue weighted by Crippen LogP contribution is 2.20. The van der Waals surface area contributed by atoms with Crippen molar-refractivity contribution in [1.29, 1.82) is 0 Å². The Kier molecular flexibility index (Phi) is 3.14. The van der Waals surface area contributed by atoms with E-state index in [2.05, 4.69) is 10.3 Å². The van der Waals surface area contributed by atoms with Gasteiger partial charge in [0.05, 0.1) is 17.2 Å². The lowest BCUT2D eigenvalue weighted by atomic mass is 10.2. The Labute approximate surface area is 96.0 Å². The number of halogens is 2. The molecule has 0 aliphatic carbocycles. The van der Waals surface area contributed by atoms with Crippen LogP contribution in [0.5, 0.6) is 0 Å². The molecule has 2 aromatic rings. The molecule has 0 spiro atoms. The van der Waals surface area contributed by atoms with Gasteiger partial charge in [-0.05, 0) is 19.1 Å². The van der Waals surface area contributed by atoms with Crippen LogP contribution >= 0.6 is 11.3 Å². The second-order valence-electron chi connectivity index (χ2n) is 3.41. The molecule has 0 amide bonds. The van der Waals surface area contributed by atoms with Crippen molar-refractivity contribution in [2.75, 3.05) is 5.32 Å². The molecule has 0 bridgehead atoms. The molecule has 1 unspecified atom stereocenters. The van der Waals surface area contributed by atoms with Crippen LogP contribution in [0.25, 0.3) is 0 Å². The maximum absolute atomic E-state index is 12.9. The number of anilines is 1. The molecule has 2 nitrogen and oxygen atoms in total. The Bertz CT molecular complexity index is 471. The Hall–Kier alpha value is -1.49. The molecule has 1 atom stereocenters. The van der Waals surface area contributed by atoms with Crippen LogP contribution in [0.1, 0.15) is 18.7 Å². The van der Waals surface area contributed by atoms with Crippen molar-refractivity contribution >= 4 is 17.0 Å². The molecule has 84 valence electrons. The van der Waals surface area contributed by atoms with Crippen LogP contribution in [0.3, 0.4) is 0 Å². The second kappa shape index (κ2) is 4.57. The van der Waals surface area contributed by atoms with Crippen LogP contribution < -0.4 is 5.32 Å². The van der Waals surface area contributed by atoms with E-state index in [0.717, 1.165) is 17.8 Å². The van der Waals surface area contributed by atoms with Crippen molar-refractivity contribution in [3.63, 3.8) is 0 Å². The highest BCUT2D eigenvalue weighted by atomic mass is 32.1. The first kappa shape index (κ1) is 11.0. The zero-order valence-corrected chi connectivity index (χ0v) is 9.39. The van der Waals surface area contributed by atoms with E-state index in [-0.39, 0.29) is 6.04 Å². The van der Waals surface area contributed by atoms with E-state index in [0.29, 0.717) is 5.69 Å². The van der Waals surface area contributed by atoms with Crippen molar-refractivity contribution in [3.8, 4) is 0 Å². The molecule has 0 aliphatic heterocycles. The first-order chi connectivity index (χ1) is 7.66. The molecular formula is C11H10F2N2S. The number of hydrogen-bond acceptors (Lipinski definition) is 3. The lowest BCUT2D eigenvalue weighted by Crippen LogP contribution is -2.07. The fourth-order valence-electron chi connectivity index (χ4n) is 1.35. The van der Waals surface area contributed by atoms with Gasteiger partial charge < -0.3 is 5.32 Å². The van der Waals surface area contributed by atoms with E-state index >= 15 is 0 Å². The Morgan fingerprint density at radius 3 is 2.75 bits per heavy atom. The lowest BCUT2D eigenvalue weighted by Gasteiger charge is -2.13. The zero-order valence-electron chi connectivity index (χ0n) is 8.58. The maximum Gasteiger partial charge on any atom is 0.160 e. The number of rotatable bonds is 3. The van der Waals surface area contributed by atoms with Crippen LogP contribution in [-0.2, 0) is 0 Å². The highest BCUT2D eigenvalue weighted by Gasteiger charge is 2.08. The zero-order chi connectivity index (χ0) is 11.5. The summed E-state index contributed by atoms with van der Waals surface area (Å²) in [5.74, 6) is -1.69. The smallest absolute Gasteiger partial charge is 0.160 e. The van der Waals surface area contributed by atoms with Gasteiger partial charge in [-0.25, -0.2) is 13.8 Å². The van der Waals surface area contributed by atoms with Gasteiger partial charge in [-0.2, -0.15) is 0 Å². The summed E-state index contributed by atoms with van der Waals surface area (Å²) in [6.07, 6.45) is 0. The molecule has 1 heterocycles. The number of nitrogens with zero attached hydrogens (tertiary/aromatic N) is 1. The topological polar surface area (TPSA) is 24.9 Å². The number of thiazole rings is 1. The first-order valence-electron chi connectivity index (χ1n) is 4.76. The minimum atomic E-state index is -0.851. The van der Waals surface area contributed by atoms with Gasteiger partial charge in [0.25, 0.3) is 0 Å². The molecule has 2 rings (SSSR count). The van der Waals surface area contributed by atoms with Gasteiger partial charge in [0.2, 0.25) is 0 Å². The largest absolute Gasteiger partial charge is 0.377 e. The van der Waals surface area contributed by atoms with Crippen molar-refractivity contribution in [2.24, 2.45) is 0 Å². The van der Waals surface area contributed by atoms with Crippen molar-refractivity contribution in [3.05, 3.63) is 46.4 Å². The summed E-state index contributed by atoms with van der Waals surface area (Å²) in [5, 5.41) is 4.96. The normalized spacial score (nSPS) is 12.4. The quantitative estimate of drug-likeness (QED) is 0.886. The van der Waals surface area contributed by atoms with Gasteiger partial charge in [0.15, 0.2) is 11.6 Å². The van der Waals surface area contributed by atoms with Gasteiger partial charge in [-0.1, -0.05) is 0 Å². The summed E-state index contributed by atoms with van der Waals surface area (Å²) in [6.45, 7) is 1.91. The Morgan fingerprint density at radius 1 is 1.31 bits per heavy atom. The molecule has 1 N–H and O–H groups in total. The average Bonchev–Trinajstić information content (AvgIpc) is 2.77. The van der Waals surface area contributed by atoms with Crippen molar-refractivity contribution in [1.82, 2.24) is 4.98 Å². The summed E-state index contributed by atoms with van der Waals surface area (Å²) in [6, 6.07) is 3.71. The summed E-state index contributed by atoms with van der Waals surface area (Å²) in [4.78, 5) is 4.14.